The first-order chi connectivity index (χ1) is 29.3. The van der Waals surface area contributed by atoms with E-state index in [-0.39, 0.29) is 0 Å². The molecule has 0 saturated carbocycles. The molecule has 59 heavy (non-hydrogen) atoms. The lowest BCUT2D eigenvalue weighted by Gasteiger charge is -2.14. The molecule has 0 amide bonds. The molecule has 0 atom stereocenters. The zero-order valence-corrected chi connectivity index (χ0v) is 32.4. The third kappa shape index (κ3) is 5.40. The fraction of sp³-hybridized carbons (Fsp3) is 0. The number of aromatic nitrogens is 6. The van der Waals surface area contributed by atoms with Crippen molar-refractivity contribution in [2.24, 2.45) is 0 Å². The van der Waals surface area contributed by atoms with Gasteiger partial charge in [-0.3, -0.25) is 4.57 Å². The van der Waals surface area contributed by atoms with Crippen molar-refractivity contribution >= 4 is 65.2 Å². The maximum atomic E-state index is 5.38. The third-order valence-electron chi connectivity index (χ3n) is 11.2. The van der Waals surface area contributed by atoms with Crippen LogP contribution in [0.5, 0.6) is 0 Å². The number of para-hydroxylation sites is 2. The van der Waals surface area contributed by atoms with Crippen molar-refractivity contribution < 1.29 is 0 Å². The normalized spacial score (nSPS) is 11.7. The maximum Gasteiger partial charge on any atom is 0.238 e. The van der Waals surface area contributed by atoms with Crippen molar-refractivity contribution in [1.29, 1.82) is 0 Å². The molecule has 7 heteroatoms. The molecule has 12 aromatic rings. The van der Waals surface area contributed by atoms with E-state index in [1.165, 1.54) is 5.39 Å². The Kier molecular flexibility index (Phi) is 7.61. The standard InChI is InChI=1S/C52H32N6S/c1-4-16-33(17-5-1)36-22-14-23-37(32-36)50-54-49(34-18-6-2-7-19-34)55-52(56-50)58-44-28-13-11-25-39(44)41-31-30-40-38-24-10-12-27-43(38)57(46(40)47(41)58)45-29-15-26-42-48(45)59-51(53-42)35-20-8-3-9-21-35/h1-32H. The van der Waals surface area contributed by atoms with Gasteiger partial charge in [0, 0.05) is 38.2 Å². The Hall–Kier alpha value is -7.74. The van der Waals surface area contributed by atoms with Gasteiger partial charge in [-0.2, -0.15) is 9.97 Å². The lowest BCUT2D eigenvalue weighted by Crippen LogP contribution is -2.07. The summed E-state index contributed by atoms with van der Waals surface area (Å²) < 4.78 is 5.81. The van der Waals surface area contributed by atoms with Gasteiger partial charge in [-0.15, -0.1) is 11.3 Å². The van der Waals surface area contributed by atoms with Crippen LogP contribution < -0.4 is 0 Å². The molecule has 8 aromatic carbocycles. The molecule has 0 radical (unpaired) electrons. The van der Waals surface area contributed by atoms with Gasteiger partial charge >= 0.3 is 0 Å². The van der Waals surface area contributed by atoms with Crippen molar-refractivity contribution in [2.45, 2.75) is 0 Å². The molecule has 0 bridgehead atoms. The molecule has 4 aromatic heterocycles. The molecular formula is C52H32N6S. The van der Waals surface area contributed by atoms with Crippen molar-refractivity contribution in [2.75, 3.05) is 0 Å². The van der Waals surface area contributed by atoms with Gasteiger partial charge in [0.25, 0.3) is 0 Å². The average molecular weight is 773 g/mol. The van der Waals surface area contributed by atoms with Gasteiger partial charge in [-0.1, -0.05) is 164 Å². The summed E-state index contributed by atoms with van der Waals surface area (Å²) in [5.74, 6) is 1.77. The number of hydrogen-bond acceptors (Lipinski definition) is 5. The Bertz CT molecular complexity index is 3550. The fourth-order valence-corrected chi connectivity index (χ4v) is 9.63. The molecule has 0 saturated heterocycles. The highest BCUT2D eigenvalue weighted by atomic mass is 32.1. The van der Waals surface area contributed by atoms with E-state index in [2.05, 4.69) is 173 Å². The molecule has 0 aliphatic heterocycles. The van der Waals surface area contributed by atoms with E-state index >= 15 is 0 Å². The maximum absolute atomic E-state index is 5.38. The van der Waals surface area contributed by atoms with Gasteiger partial charge in [0.2, 0.25) is 5.95 Å². The van der Waals surface area contributed by atoms with Crippen LogP contribution >= 0.6 is 11.3 Å². The smallest absolute Gasteiger partial charge is 0.238 e. The lowest BCUT2D eigenvalue weighted by atomic mass is 10.0. The number of rotatable bonds is 6. The Morgan fingerprint density at radius 3 is 1.58 bits per heavy atom. The second-order valence-corrected chi connectivity index (χ2v) is 15.7. The highest BCUT2D eigenvalue weighted by molar-refractivity contribution is 7.22. The minimum absolute atomic E-state index is 0.553. The van der Waals surface area contributed by atoms with Crippen LogP contribution in [0, 0.1) is 0 Å². The predicted molar refractivity (Wildman–Crippen MR) is 243 cm³/mol. The van der Waals surface area contributed by atoms with Gasteiger partial charge in [-0.05, 0) is 41.5 Å². The van der Waals surface area contributed by atoms with Crippen molar-refractivity contribution in [3.8, 4) is 56.1 Å². The Labute approximate surface area is 343 Å². The fourth-order valence-electron chi connectivity index (χ4n) is 8.55. The Morgan fingerprint density at radius 2 is 0.881 bits per heavy atom. The second kappa shape index (κ2) is 13.4. The summed E-state index contributed by atoms with van der Waals surface area (Å²) in [6.45, 7) is 0. The Balaban J connectivity index is 1.19. The van der Waals surface area contributed by atoms with Crippen molar-refractivity contribution in [3.63, 3.8) is 0 Å². The minimum Gasteiger partial charge on any atom is -0.306 e. The first-order valence-corrected chi connectivity index (χ1v) is 20.5. The molecule has 0 aliphatic carbocycles. The van der Waals surface area contributed by atoms with Gasteiger partial charge in [0.1, 0.15) is 5.01 Å². The molecule has 0 fully saturated rings. The quantitative estimate of drug-likeness (QED) is 0.169. The summed E-state index contributed by atoms with van der Waals surface area (Å²) in [5.41, 5.74) is 11.5. The van der Waals surface area contributed by atoms with Crippen molar-refractivity contribution in [3.05, 3.63) is 194 Å². The van der Waals surface area contributed by atoms with Gasteiger partial charge < -0.3 is 4.57 Å². The molecule has 4 heterocycles. The van der Waals surface area contributed by atoms with E-state index < -0.39 is 0 Å². The summed E-state index contributed by atoms with van der Waals surface area (Å²) in [6, 6.07) is 67.8. The zero-order valence-electron chi connectivity index (χ0n) is 31.6. The molecule has 0 aliphatic rings. The largest absolute Gasteiger partial charge is 0.306 e. The SMILES string of the molecule is c1ccc(-c2cccc(-c3nc(-c4ccccc4)nc(-n4c5ccccc5c5ccc6c7ccccc7n(-c7cccc8nc(-c9ccccc9)sc78)c6c54)n3)c2)cc1. The number of nitrogens with zero attached hydrogens (tertiary/aromatic N) is 6. The molecule has 0 unspecified atom stereocenters. The lowest BCUT2D eigenvalue weighted by molar-refractivity contribution is 0.953. The number of fused-ring (bicyclic) bond motifs is 8. The zero-order chi connectivity index (χ0) is 38.9. The van der Waals surface area contributed by atoms with Gasteiger partial charge in [0.15, 0.2) is 11.6 Å². The van der Waals surface area contributed by atoms with Crippen LogP contribution in [0.2, 0.25) is 0 Å². The number of hydrogen-bond donors (Lipinski definition) is 0. The highest BCUT2D eigenvalue weighted by Gasteiger charge is 2.24. The molecule has 276 valence electrons. The van der Waals surface area contributed by atoms with Crippen LogP contribution in [0.3, 0.4) is 0 Å². The van der Waals surface area contributed by atoms with Crippen LogP contribution in [0.15, 0.2) is 194 Å². The molecular weight excluding hydrogens is 741 g/mol. The minimum atomic E-state index is 0.553. The predicted octanol–water partition coefficient (Wildman–Crippen LogP) is 13.3. The van der Waals surface area contributed by atoms with E-state index in [9.17, 15) is 0 Å². The summed E-state index contributed by atoms with van der Waals surface area (Å²) in [5, 5.41) is 5.56. The third-order valence-corrected chi connectivity index (χ3v) is 12.4. The van der Waals surface area contributed by atoms with E-state index in [1.54, 1.807) is 11.3 Å². The monoisotopic (exact) mass is 772 g/mol. The van der Waals surface area contributed by atoms with Gasteiger partial charge in [-0.25, -0.2) is 9.97 Å². The summed E-state index contributed by atoms with van der Waals surface area (Å²) in [7, 11) is 0. The first-order valence-electron chi connectivity index (χ1n) is 19.7. The highest BCUT2D eigenvalue weighted by Crippen LogP contribution is 2.44. The molecule has 12 rings (SSSR count). The first kappa shape index (κ1) is 33.4. The molecule has 0 spiro atoms. The average Bonchev–Trinajstić information content (AvgIpc) is 4.01. The van der Waals surface area contributed by atoms with Gasteiger partial charge in [0.05, 0.1) is 38.0 Å². The van der Waals surface area contributed by atoms with E-state index in [1.807, 2.05) is 30.3 Å². The summed E-state index contributed by atoms with van der Waals surface area (Å²) in [4.78, 5) is 21.0. The van der Waals surface area contributed by atoms with Crippen molar-refractivity contribution in [1.82, 2.24) is 29.1 Å². The second-order valence-electron chi connectivity index (χ2n) is 14.7. The van der Waals surface area contributed by atoms with E-state index in [0.717, 1.165) is 87.0 Å². The van der Waals surface area contributed by atoms with Crippen LogP contribution in [0.4, 0.5) is 0 Å². The number of benzene rings is 8. The van der Waals surface area contributed by atoms with Crippen LogP contribution in [-0.2, 0) is 0 Å². The summed E-state index contributed by atoms with van der Waals surface area (Å²) >= 11 is 1.73. The molecule has 0 N–H and O–H groups in total. The van der Waals surface area contributed by atoms with E-state index in [4.69, 9.17) is 19.9 Å². The summed E-state index contributed by atoms with van der Waals surface area (Å²) in [6.07, 6.45) is 0. The van der Waals surface area contributed by atoms with E-state index in [0.29, 0.717) is 17.6 Å². The topological polar surface area (TPSA) is 61.4 Å². The number of thiazole rings is 1. The van der Waals surface area contributed by atoms with Crippen LogP contribution in [0.1, 0.15) is 0 Å². The van der Waals surface area contributed by atoms with Crippen LogP contribution in [-0.4, -0.2) is 29.1 Å². The Morgan fingerprint density at radius 1 is 0.356 bits per heavy atom. The van der Waals surface area contributed by atoms with Crippen LogP contribution in [0.25, 0.3) is 110 Å². The molecule has 6 nitrogen and oxygen atoms in total.